The van der Waals surface area contributed by atoms with Crippen LogP contribution in [0.1, 0.15) is 0 Å². The first kappa shape index (κ1) is 30.3. The highest BCUT2D eigenvalue weighted by atomic mass is 16.3. The average molecular weight is 692 g/mol. The molecule has 0 amide bonds. The normalized spacial score (nSPS) is 11.7. The molecule has 8 aromatic carbocycles. The summed E-state index contributed by atoms with van der Waals surface area (Å²) in [5, 5.41) is 7.90. The monoisotopic (exact) mass is 691 g/mol. The highest BCUT2D eigenvalue weighted by Gasteiger charge is 2.20. The molecule has 0 spiro atoms. The van der Waals surface area contributed by atoms with Gasteiger partial charge in [0, 0.05) is 21.7 Å². The van der Waals surface area contributed by atoms with Crippen LogP contribution in [0.4, 0.5) is 0 Å². The first-order valence-corrected chi connectivity index (χ1v) is 18.0. The van der Waals surface area contributed by atoms with Gasteiger partial charge in [-0.2, -0.15) is 0 Å². The van der Waals surface area contributed by atoms with E-state index < -0.39 is 0 Å². The first-order valence-electron chi connectivity index (χ1n) is 18.0. The predicted octanol–water partition coefficient (Wildman–Crippen LogP) is 13.2. The molecule has 5 nitrogen and oxygen atoms in total. The molecule has 11 aromatic rings. The second-order valence-corrected chi connectivity index (χ2v) is 13.5. The van der Waals surface area contributed by atoms with Crippen molar-refractivity contribution in [3.63, 3.8) is 0 Å². The minimum atomic E-state index is 0.455. The Kier molecular flexibility index (Phi) is 6.79. The summed E-state index contributed by atoms with van der Waals surface area (Å²) in [5.41, 5.74) is 8.75. The third-order valence-electron chi connectivity index (χ3n) is 10.4. The Morgan fingerprint density at radius 3 is 1.54 bits per heavy atom. The number of para-hydroxylation sites is 3. The molecule has 54 heavy (non-hydrogen) atoms. The van der Waals surface area contributed by atoms with Crippen molar-refractivity contribution in [3.8, 4) is 56.6 Å². The highest BCUT2D eigenvalue weighted by Crippen LogP contribution is 2.44. The smallest absolute Gasteiger partial charge is 0.199 e. The summed E-state index contributed by atoms with van der Waals surface area (Å²) in [7, 11) is 0. The lowest BCUT2D eigenvalue weighted by Crippen LogP contribution is -2.00. The standard InChI is InChI=1S/C49H29N3O2/c1-2-13-30(14-3-1)44-35-17-5-7-19-37(35)45(38-20-8-6-18-36(38)44)31-25-27-32(28-26-31)47-50-48(52-49(51-47)43-29-33-15-4-10-23-41(33)53-43)40-22-12-21-39-34-16-9-11-24-42(34)54-46(39)40/h1-29H. The SMILES string of the molecule is c1ccc(-c2c3ccccc3c(-c3ccc(-c4nc(-c5cc6ccccc6o5)nc(-c5cccc6c5oc5ccccc56)n4)cc3)c3ccccc23)cc1. The van der Waals surface area contributed by atoms with Crippen molar-refractivity contribution >= 4 is 54.5 Å². The maximum absolute atomic E-state index is 6.42. The number of furan rings is 2. The maximum atomic E-state index is 6.42. The number of fused-ring (bicyclic) bond motifs is 6. The van der Waals surface area contributed by atoms with Gasteiger partial charge in [-0.05, 0) is 68.1 Å². The van der Waals surface area contributed by atoms with Crippen molar-refractivity contribution in [2.45, 2.75) is 0 Å². The lowest BCUT2D eigenvalue weighted by Gasteiger charge is -2.17. The molecule has 3 aromatic heterocycles. The van der Waals surface area contributed by atoms with E-state index in [1.165, 1.54) is 38.2 Å². The molecule has 5 heteroatoms. The lowest BCUT2D eigenvalue weighted by atomic mass is 9.86. The fourth-order valence-corrected chi connectivity index (χ4v) is 7.89. The van der Waals surface area contributed by atoms with Crippen LogP contribution in [0.15, 0.2) is 185 Å². The minimum Gasteiger partial charge on any atom is -0.455 e. The third-order valence-corrected chi connectivity index (χ3v) is 10.4. The van der Waals surface area contributed by atoms with E-state index in [1.807, 2.05) is 60.7 Å². The largest absolute Gasteiger partial charge is 0.455 e. The third kappa shape index (κ3) is 4.83. The Hall–Kier alpha value is -7.37. The summed E-state index contributed by atoms with van der Waals surface area (Å²) < 4.78 is 12.7. The zero-order valence-electron chi connectivity index (χ0n) is 28.9. The fraction of sp³-hybridized carbons (Fsp3) is 0. The van der Waals surface area contributed by atoms with E-state index in [2.05, 4.69) is 115 Å². The van der Waals surface area contributed by atoms with Crippen LogP contribution in [0.3, 0.4) is 0 Å². The summed E-state index contributed by atoms with van der Waals surface area (Å²) >= 11 is 0. The fourth-order valence-electron chi connectivity index (χ4n) is 7.89. The Morgan fingerprint density at radius 1 is 0.333 bits per heavy atom. The maximum Gasteiger partial charge on any atom is 0.199 e. The molecule has 0 N–H and O–H groups in total. The van der Waals surface area contributed by atoms with Crippen LogP contribution in [-0.4, -0.2) is 15.0 Å². The molecule has 0 aliphatic carbocycles. The summed E-state index contributed by atoms with van der Waals surface area (Å²) in [4.78, 5) is 15.1. The van der Waals surface area contributed by atoms with Gasteiger partial charge in [0.1, 0.15) is 16.7 Å². The van der Waals surface area contributed by atoms with Crippen molar-refractivity contribution in [2.75, 3.05) is 0 Å². The molecule has 0 aliphatic rings. The number of nitrogens with zero attached hydrogens (tertiary/aromatic N) is 3. The van der Waals surface area contributed by atoms with Gasteiger partial charge in [0.05, 0.1) is 5.56 Å². The van der Waals surface area contributed by atoms with Crippen LogP contribution >= 0.6 is 0 Å². The first-order chi connectivity index (χ1) is 26.8. The molecule has 0 unspecified atom stereocenters. The van der Waals surface area contributed by atoms with E-state index in [0.717, 1.165) is 49.6 Å². The summed E-state index contributed by atoms with van der Waals surface area (Å²) in [6, 6.07) is 60.8. The molecule has 252 valence electrons. The van der Waals surface area contributed by atoms with Gasteiger partial charge in [0.25, 0.3) is 0 Å². The Bertz CT molecular complexity index is 3120. The van der Waals surface area contributed by atoms with Gasteiger partial charge < -0.3 is 8.83 Å². The second kappa shape index (κ2) is 12.1. The molecule has 0 aliphatic heterocycles. The van der Waals surface area contributed by atoms with Crippen molar-refractivity contribution in [3.05, 3.63) is 176 Å². The van der Waals surface area contributed by atoms with Gasteiger partial charge in [0.15, 0.2) is 23.2 Å². The van der Waals surface area contributed by atoms with Crippen molar-refractivity contribution in [1.29, 1.82) is 0 Å². The minimum absolute atomic E-state index is 0.455. The Morgan fingerprint density at radius 2 is 0.852 bits per heavy atom. The topological polar surface area (TPSA) is 65.0 Å². The van der Waals surface area contributed by atoms with Gasteiger partial charge in [-0.25, -0.2) is 15.0 Å². The number of aromatic nitrogens is 3. The Labute approximate surface area is 309 Å². The van der Waals surface area contributed by atoms with Crippen LogP contribution in [0.25, 0.3) is 111 Å². The van der Waals surface area contributed by atoms with Gasteiger partial charge in [-0.15, -0.1) is 0 Å². The van der Waals surface area contributed by atoms with E-state index in [9.17, 15) is 0 Å². The van der Waals surface area contributed by atoms with Crippen LogP contribution < -0.4 is 0 Å². The highest BCUT2D eigenvalue weighted by molar-refractivity contribution is 6.21. The lowest BCUT2D eigenvalue weighted by molar-refractivity contribution is 0.624. The van der Waals surface area contributed by atoms with E-state index in [1.54, 1.807) is 0 Å². The molecule has 0 saturated carbocycles. The van der Waals surface area contributed by atoms with E-state index in [-0.39, 0.29) is 0 Å². The summed E-state index contributed by atoms with van der Waals surface area (Å²) in [6.45, 7) is 0. The van der Waals surface area contributed by atoms with Crippen molar-refractivity contribution in [1.82, 2.24) is 15.0 Å². The van der Waals surface area contributed by atoms with Gasteiger partial charge in [-0.3, -0.25) is 0 Å². The van der Waals surface area contributed by atoms with E-state index in [4.69, 9.17) is 23.8 Å². The zero-order chi connectivity index (χ0) is 35.6. The zero-order valence-corrected chi connectivity index (χ0v) is 28.9. The van der Waals surface area contributed by atoms with Crippen molar-refractivity contribution in [2.24, 2.45) is 0 Å². The molecule has 3 heterocycles. The summed E-state index contributed by atoms with van der Waals surface area (Å²) in [6.07, 6.45) is 0. The van der Waals surface area contributed by atoms with Crippen LogP contribution in [0.2, 0.25) is 0 Å². The van der Waals surface area contributed by atoms with Gasteiger partial charge >= 0.3 is 0 Å². The molecule has 0 bridgehead atoms. The predicted molar refractivity (Wildman–Crippen MR) is 219 cm³/mol. The molecule has 0 radical (unpaired) electrons. The number of hydrogen-bond acceptors (Lipinski definition) is 5. The molecular formula is C49H29N3O2. The van der Waals surface area contributed by atoms with Crippen molar-refractivity contribution < 1.29 is 8.83 Å². The van der Waals surface area contributed by atoms with E-state index >= 15 is 0 Å². The molecule has 0 saturated heterocycles. The molecule has 0 atom stereocenters. The quantitative estimate of drug-likeness (QED) is 0.168. The molecule has 0 fully saturated rings. The Balaban J connectivity index is 1.09. The number of benzene rings is 8. The van der Waals surface area contributed by atoms with Gasteiger partial charge in [0.2, 0.25) is 0 Å². The van der Waals surface area contributed by atoms with Gasteiger partial charge in [-0.1, -0.05) is 152 Å². The summed E-state index contributed by atoms with van der Waals surface area (Å²) in [5.74, 6) is 2.09. The molecular weight excluding hydrogens is 663 g/mol. The number of hydrogen-bond donors (Lipinski definition) is 0. The molecule has 11 rings (SSSR count). The second-order valence-electron chi connectivity index (χ2n) is 13.5. The van der Waals surface area contributed by atoms with E-state index in [0.29, 0.717) is 23.2 Å². The van der Waals surface area contributed by atoms with Crippen LogP contribution in [-0.2, 0) is 0 Å². The van der Waals surface area contributed by atoms with Crippen LogP contribution in [0, 0.1) is 0 Å². The average Bonchev–Trinajstić information content (AvgIpc) is 3.85. The van der Waals surface area contributed by atoms with Crippen LogP contribution in [0.5, 0.6) is 0 Å². The number of rotatable bonds is 5.